The summed E-state index contributed by atoms with van der Waals surface area (Å²) in [6, 6.07) is 11.1. The average molecular weight is 514 g/mol. The Kier molecular flexibility index (Phi) is 8.59. The highest BCUT2D eigenvalue weighted by Crippen LogP contribution is 2.29. The van der Waals surface area contributed by atoms with Crippen molar-refractivity contribution in [2.45, 2.75) is 38.6 Å². The maximum Gasteiger partial charge on any atom is 0.321 e. The summed E-state index contributed by atoms with van der Waals surface area (Å²) in [5.74, 6) is 0.815. The molecule has 2 aliphatic rings. The molecule has 0 saturated carbocycles. The number of carbonyl (C=O) groups is 2. The number of hydrogen-bond donors (Lipinski definition) is 3. The van der Waals surface area contributed by atoms with Gasteiger partial charge in [0.2, 0.25) is 0 Å². The van der Waals surface area contributed by atoms with Crippen molar-refractivity contribution in [3.63, 3.8) is 0 Å². The fourth-order valence-electron chi connectivity index (χ4n) is 4.96. The van der Waals surface area contributed by atoms with E-state index in [9.17, 15) is 9.59 Å². The average Bonchev–Trinajstić information content (AvgIpc) is 2.88. The highest BCUT2D eigenvalue weighted by Gasteiger charge is 2.27. The van der Waals surface area contributed by atoms with E-state index in [0.717, 1.165) is 64.1 Å². The summed E-state index contributed by atoms with van der Waals surface area (Å²) in [7, 11) is 1.51. The molecule has 194 valence electrons. The van der Waals surface area contributed by atoms with E-state index in [1.165, 1.54) is 12.7 Å². The largest absolute Gasteiger partial charge is 0.496 e. The van der Waals surface area contributed by atoms with Crippen LogP contribution >= 0.6 is 11.6 Å². The van der Waals surface area contributed by atoms with Crippen LogP contribution < -0.4 is 21.1 Å². The predicted molar refractivity (Wildman–Crippen MR) is 144 cm³/mol. The monoisotopic (exact) mass is 513 g/mol. The number of carbonyl (C=O) groups excluding carboxylic acids is 2. The van der Waals surface area contributed by atoms with Crippen LogP contribution in [0.1, 0.15) is 41.6 Å². The van der Waals surface area contributed by atoms with Crippen LogP contribution in [0.4, 0.5) is 16.2 Å². The molecule has 0 bridgehead atoms. The van der Waals surface area contributed by atoms with Crippen molar-refractivity contribution in [1.82, 2.24) is 15.1 Å². The number of likely N-dealkylation sites (tertiary alicyclic amines) is 2. The summed E-state index contributed by atoms with van der Waals surface area (Å²) in [6.07, 6.45) is 3.81. The minimum absolute atomic E-state index is 0.0205. The Bertz CT molecular complexity index is 1060. The van der Waals surface area contributed by atoms with Crippen molar-refractivity contribution in [3.05, 3.63) is 52.5 Å². The van der Waals surface area contributed by atoms with E-state index in [0.29, 0.717) is 27.9 Å². The van der Waals surface area contributed by atoms with Crippen molar-refractivity contribution in [3.8, 4) is 5.75 Å². The van der Waals surface area contributed by atoms with Gasteiger partial charge in [0.1, 0.15) is 5.75 Å². The minimum Gasteiger partial charge on any atom is -0.496 e. The molecular formula is C27H36ClN5O3. The van der Waals surface area contributed by atoms with E-state index in [-0.39, 0.29) is 18.0 Å². The van der Waals surface area contributed by atoms with Crippen molar-refractivity contribution >= 4 is 34.9 Å². The van der Waals surface area contributed by atoms with Crippen LogP contribution in [0, 0.1) is 12.8 Å². The molecule has 2 aliphatic heterocycles. The number of halogens is 1. The van der Waals surface area contributed by atoms with E-state index >= 15 is 0 Å². The summed E-state index contributed by atoms with van der Waals surface area (Å²) < 4.78 is 5.31. The Hall–Kier alpha value is -2.97. The first kappa shape index (κ1) is 26.1. The van der Waals surface area contributed by atoms with Gasteiger partial charge in [0, 0.05) is 50.5 Å². The number of ether oxygens (including phenoxy) is 1. The number of nitrogens with zero attached hydrogens (tertiary/aromatic N) is 2. The second kappa shape index (κ2) is 11.8. The molecule has 9 heteroatoms. The molecule has 2 heterocycles. The first-order chi connectivity index (χ1) is 17.3. The molecule has 2 aromatic rings. The number of methoxy groups -OCH3 is 1. The number of benzene rings is 2. The maximum absolute atomic E-state index is 12.8. The lowest BCUT2D eigenvalue weighted by atomic mass is 9.95. The lowest BCUT2D eigenvalue weighted by molar-refractivity contribution is 0.0892. The van der Waals surface area contributed by atoms with Crippen LogP contribution in [-0.4, -0.2) is 67.6 Å². The zero-order chi connectivity index (χ0) is 25.7. The zero-order valence-corrected chi connectivity index (χ0v) is 21.8. The van der Waals surface area contributed by atoms with Gasteiger partial charge in [-0.05, 0) is 56.7 Å². The molecule has 4 N–H and O–H groups in total. The van der Waals surface area contributed by atoms with Gasteiger partial charge in [0.15, 0.2) is 0 Å². The Labute approximate surface area is 218 Å². The van der Waals surface area contributed by atoms with Gasteiger partial charge in [-0.25, -0.2) is 4.79 Å². The molecule has 3 amide bonds. The number of rotatable bonds is 6. The Morgan fingerprint density at radius 2 is 1.72 bits per heavy atom. The van der Waals surface area contributed by atoms with Gasteiger partial charge < -0.3 is 30.9 Å². The van der Waals surface area contributed by atoms with Crippen molar-refractivity contribution in [1.29, 1.82) is 0 Å². The number of hydrogen-bond acceptors (Lipinski definition) is 5. The van der Waals surface area contributed by atoms with E-state index < -0.39 is 0 Å². The molecule has 2 aromatic carbocycles. The highest BCUT2D eigenvalue weighted by molar-refractivity contribution is 6.33. The zero-order valence-electron chi connectivity index (χ0n) is 21.1. The second-order valence-corrected chi connectivity index (χ2v) is 10.3. The van der Waals surface area contributed by atoms with Gasteiger partial charge in [0.25, 0.3) is 5.91 Å². The summed E-state index contributed by atoms with van der Waals surface area (Å²) >= 11 is 6.12. The Morgan fingerprint density at radius 1 is 1.06 bits per heavy atom. The van der Waals surface area contributed by atoms with Crippen LogP contribution in [0.3, 0.4) is 0 Å². The van der Waals surface area contributed by atoms with Crippen LogP contribution in [0.5, 0.6) is 5.75 Å². The fourth-order valence-corrected chi connectivity index (χ4v) is 5.13. The second-order valence-electron chi connectivity index (χ2n) is 9.85. The molecule has 0 atom stereocenters. The van der Waals surface area contributed by atoms with Crippen LogP contribution in [0.15, 0.2) is 36.4 Å². The molecule has 0 radical (unpaired) electrons. The predicted octanol–water partition coefficient (Wildman–Crippen LogP) is 4.38. The lowest BCUT2D eigenvalue weighted by Gasteiger charge is -2.37. The molecular weight excluding hydrogens is 478 g/mol. The summed E-state index contributed by atoms with van der Waals surface area (Å²) in [5.41, 5.74) is 8.62. The number of nitrogen functional groups attached to an aromatic ring is 1. The van der Waals surface area contributed by atoms with Gasteiger partial charge in [-0.3, -0.25) is 4.79 Å². The third-order valence-electron chi connectivity index (χ3n) is 7.21. The van der Waals surface area contributed by atoms with Crippen LogP contribution in [-0.2, 0) is 0 Å². The molecule has 0 aromatic heterocycles. The normalized spacial score (nSPS) is 17.6. The van der Waals surface area contributed by atoms with Crippen LogP contribution in [0.25, 0.3) is 0 Å². The minimum atomic E-state index is -0.191. The van der Waals surface area contributed by atoms with Gasteiger partial charge in [-0.15, -0.1) is 0 Å². The molecule has 2 fully saturated rings. The molecule has 0 unspecified atom stereocenters. The Balaban J connectivity index is 1.18. The van der Waals surface area contributed by atoms with E-state index in [4.69, 9.17) is 22.1 Å². The summed E-state index contributed by atoms with van der Waals surface area (Å²) in [5, 5.41) is 6.47. The SMILES string of the molecule is COc1cc(N)c(Cl)cc1C(=O)NC1CCN(CC2CCN(C(=O)Nc3ccc(C)cc3)CC2)CC1. The summed E-state index contributed by atoms with van der Waals surface area (Å²) in [4.78, 5) is 29.8. The number of amides is 3. The first-order valence-electron chi connectivity index (χ1n) is 12.6. The quantitative estimate of drug-likeness (QED) is 0.498. The van der Waals surface area contributed by atoms with E-state index in [1.807, 2.05) is 36.1 Å². The molecule has 0 spiro atoms. The Morgan fingerprint density at radius 3 is 2.36 bits per heavy atom. The van der Waals surface area contributed by atoms with Crippen molar-refractivity contribution < 1.29 is 14.3 Å². The molecule has 8 nitrogen and oxygen atoms in total. The van der Waals surface area contributed by atoms with Gasteiger partial charge in [-0.1, -0.05) is 29.3 Å². The number of piperidine rings is 2. The smallest absolute Gasteiger partial charge is 0.321 e. The standard InChI is InChI=1S/C27H36ClN5O3/c1-18-3-5-20(6-4-18)31-27(35)33-13-7-19(8-14-33)17-32-11-9-21(10-12-32)30-26(34)22-15-23(28)24(29)16-25(22)36-2/h3-6,15-16,19,21H,7-14,17,29H2,1-2H3,(H,30,34)(H,31,35). The number of nitrogens with one attached hydrogen (secondary N) is 2. The first-order valence-corrected chi connectivity index (χ1v) is 13.0. The number of urea groups is 1. The highest BCUT2D eigenvalue weighted by atomic mass is 35.5. The topological polar surface area (TPSA) is 99.9 Å². The van der Waals surface area contributed by atoms with Gasteiger partial charge >= 0.3 is 6.03 Å². The van der Waals surface area contributed by atoms with Crippen molar-refractivity contribution in [2.75, 3.05) is 50.9 Å². The van der Waals surface area contributed by atoms with Crippen LogP contribution in [0.2, 0.25) is 5.02 Å². The van der Waals surface area contributed by atoms with Gasteiger partial charge in [-0.2, -0.15) is 0 Å². The molecule has 0 aliphatic carbocycles. The fraction of sp³-hybridized carbons (Fsp3) is 0.481. The van der Waals surface area contributed by atoms with Crippen molar-refractivity contribution in [2.24, 2.45) is 5.92 Å². The number of aryl methyl sites for hydroxylation is 1. The lowest BCUT2D eigenvalue weighted by Crippen LogP contribution is -2.47. The van der Waals surface area contributed by atoms with E-state index in [2.05, 4.69) is 15.5 Å². The summed E-state index contributed by atoms with van der Waals surface area (Å²) in [6.45, 7) is 6.51. The molecule has 4 rings (SSSR count). The molecule has 2 saturated heterocycles. The number of nitrogens with two attached hydrogens (primary N) is 1. The number of anilines is 2. The maximum atomic E-state index is 12.8. The van der Waals surface area contributed by atoms with Gasteiger partial charge in [0.05, 0.1) is 23.4 Å². The third-order valence-corrected chi connectivity index (χ3v) is 7.53. The van der Waals surface area contributed by atoms with E-state index in [1.54, 1.807) is 12.1 Å². The third kappa shape index (κ3) is 6.62. The molecule has 36 heavy (non-hydrogen) atoms.